The number of benzene rings is 1. The van der Waals surface area contributed by atoms with Gasteiger partial charge in [0.2, 0.25) is 0 Å². The van der Waals surface area contributed by atoms with Crippen molar-refractivity contribution in [2.24, 2.45) is 0 Å². The highest BCUT2D eigenvalue weighted by Gasteiger charge is 2.19. The van der Waals surface area contributed by atoms with E-state index in [1.165, 1.54) is 17.7 Å². The Morgan fingerprint density at radius 1 is 1.25 bits per heavy atom. The van der Waals surface area contributed by atoms with Crippen molar-refractivity contribution in [3.8, 4) is 5.69 Å². The molecule has 4 aromatic rings. The molecular weight excluding hydrogens is 374 g/mol. The molecule has 1 aliphatic heterocycles. The number of aryl methyl sites for hydroxylation is 1. The predicted molar refractivity (Wildman–Crippen MR) is 111 cm³/mol. The van der Waals surface area contributed by atoms with Crippen molar-refractivity contribution in [2.75, 3.05) is 18.5 Å². The fraction of sp³-hybridized carbons (Fsp3) is 0.300. The molecule has 1 saturated heterocycles. The average Bonchev–Trinajstić information content (AvgIpc) is 3.36. The summed E-state index contributed by atoms with van der Waals surface area (Å²) in [5.41, 5.74) is 2.49. The van der Waals surface area contributed by atoms with Gasteiger partial charge in [0.25, 0.3) is 5.56 Å². The molecule has 4 heterocycles. The zero-order valence-corrected chi connectivity index (χ0v) is 16.2. The molecule has 1 fully saturated rings. The lowest BCUT2D eigenvalue weighted by atomic mass is 10.2. The fourth-order valence-corrected chi connectivity index (χ4v) is 4.53. The number of nitrogens with one attached hydrogen (secondary N) is 1. The fourth-order valence-electron chi connectivity index (χ4n) is 3.50. The number of hydrogen-bond donors (Lipinski definition) is 1. The molecule has 0 saturated carbocycles. The molecule has 0 aliphatic carbocycles. The lowest BCUT2D eigenvalue weighted by molar-refractivity contribution is 0.120. The summed E-state index contributed by atoms with van der Waals surface area (Å²) in [6.07, 6.45) is 5.44. The summed E-state index contributed by atoms with van der Waals surface area (Å²) in [6.45, 7) is 3.51. The molecule has 3 aromatic heterocycles. The second-order valence-corrected chi connectivity index (χ2v) is 7.95. The summed E-state index contributed by atoms with van der Waals surface area (Å²) >= 11 is 1.35. The van der Waals surface area contributed by atoms with Crippen LogP contribution in [0.15, 0.2) is 41.7 Å². The zero-order chi connectivity index (χ0) is 19.1. The monoisotopic (exact) mass is 393 g/mol. The van der Waals surface area contributed by atoms with E-state index in [0.29, 0.717) is 22.6 Å². The molecular formula is C20H19N5O2S. The van der Waals surface area contributed by atoms with Gasteiger partial charge in [0.05, 0.1) is 17.2 Å². The Hall–Kier alpha value is -2.84. The van der Waals surface area contributed by atoms with Gasteiger partial charge in [-0.3, -0.25) is 9.36 Å². The van der Waals surface area contributed by atoms with Gasteiger partial charge >= 0.3 is 0 Å². The molecule has 142 valence electrons. The molecule has 1 aliphatic rings. The van der Waals surface area contributed by atoms with E-state index in [-0.39, 0.29) is 11.7 Å². The van der Waals surface area contributed by atoms with E-state index in [1.807, 2.05) is 31.2 Å². The number of fused-ring (bicyclic) bond motifs is 3. The van der Waals surface area contributed by atoms with Gasteiger partial charge in [-0.2, -0.15) is 0 Å². The van der Waals surface area contributed by atoms with E-state index in [1.54, 1.807) is 10.9 Å². The highest BCUT2D eigenvalue weighted by molar-refractivity contribution is 7.25. The van der Waals surface area contributed by atoms with Gasteiger partial charge in [-0.05, 0) is 31.9 Å². The second-order valence-electron chi connectivity index (χ2n) is 6.95. The molecule has 0 bridgehead atoms. The van der Waals surface area contributed by atoms with Crippen LogP contribution in [0.2, 0.25) is 0 Å². The molecule has 1 N–H and O–H groups in total. The third-order valence-corrected chi connectivity index (χ3v) is 6.09. The van der Waals surface area contributed by atoms with Crippen molar-refractivity contribution >= 4 is 37.6 Å². The van der Waals surface area contributed by atoms with Crippen molar-refractivity contribution in [1.29, 1.82) is 0 Å². The van der Waals surface area contributed by atoms with E-state index >= 15 is 0 Å². The summed E-state index contributed by atoms with van der Waals surface area (Å²) < 4.78 is 7.83. The number of ether oxygens (including phenoxy) is 1. The Bertz CT molecular complexity index is 1210. The van der Waals surface area contributed by atoms with Crippen LogP contribution >= 0.6 is 11.3 Å². The SMILES string of the molecule is Cc1ccc(-n2cnc3c(sc4ncnc(NCC5CCCO5)c43)c2=O)cc1. The maximum Gasteiger partial charge on any atom is 0.275 e. The molecule has 1 atom stereocenters. The van der Waals surface area contributed by atoms with Crippen LogP contribution in [0.3, 0.4) is 0 Å². The summed E-state index contributed by atoms with van der Waals surface area (Å²) in [5.74, 6) is 0.701. The molecule has 0 radical (unpaired) electrons. The van der Waals surface area contributed by atoms with Gasteiger partial charge in [0.15, 0.2) is 0 Å². The van der Waals surface area contributed by atoms with Gasteiger partial charge < -0.3 is 10.1 Å². The summed E-state index contributed by atoms with van der Waals surface area (Å²) in [5, 5.41) is 4.16. The molecule has 1 unspecified atom stereocenters. The largest absolute Gasteiger partial charge is 0.376 e. The highest BCUT2D eigenvalue weighted by Crippen LogP contribution is 2.33. The molecule has 0 amide bonds. The van der Waals surface area contributed by atoms with Crippen LogP contribution < -0.4 is 10.9 Å². The molecule has 0 spiro atoms. The molecule has 1 aromatic carbocycles. The van der Waals surface area contributed by atoms with E-state index in [4.69, 9.17) is 4.74 Å². The van der Waals surface area contributed by atoms with Crippen LogP contribution in [0.25, 0.3) is 26.1 Å². The zero-order valence-electron chi connectivity index (χ0n) is 15.4. The smallest absolute Gasteiger partial charge is 0.275 e. The van der Waals surface area contributed by atoms with Gasteiger partial charge in [0.1, 0.15) is 33.5 Å². The molecule has 8 heteroatoms. The molecule has 5 rings (SSSR count). The summed E-state index contributed by atoms with van der Waals surface area (Å²) in [4.78, 5) is 27.2. The van der Waals surface area contributed by atoms with Crippen LogP contribution in [0, 0.1) is 6.92 Å². The van der Waals surface area contributed by atoms with E-state index in [9.17, 15) is 4.79 Å². The Morgan fingerprint density at radius 3 is 2.89 bits per heavy atom. The van der Waals surface area contributed by atoms with Crippen molar-refractivity contribution in [3.63, 3.8) is 0 Å². The van der Waals surface area contributed by atoms with E-state index < -0.39 is 0 Å². The van der Waals surface area contributed by atoms with Crippen LogP contribution in [-0.4, -0.2) is 38.8 Å². The first-order valence-corrected chi connectivity index (χ1v) is 10.1. The van der Waals surface area contributed by atoms with Gasteiger partial charge in [-0.15, -0.1) is 11.3 Å². The molecule has 7 nitrogen and oxygen atoms in total. The minimum atomic E-state index is -0.0954. The topological polar surface area (TPSA) is 81.9 Å². The van der Waals surface area contributed by atoms with Gasteiger partial charge in [-0.25, -0.2) is 15.0 Å². The minimum absolute atomic E-state index is 0.0954. The number of nitrogens with zero attached hydrogens (tertiary/aromatic N) is 4. The van der Waals surface area contributed by atoms with Crippen molar-refractivity contribution in [3.05, 3.63) is 52.8 Å². The Kier molecular flexibility index (Phi) is 4.29. The van der Waals surface area contributed by atoms with E-state index in [2.05, 4.69) is 20.3 Å². The average molecular weight is 393 g/mol. The maximum atomic E-state index is 13.1. The second kappa shape index (κ2) is 6.96. The van der Waals surface area contributed by atoms with Crippen LogP contribution in [0.1, 0.15) is 18.4 Å². The quantitative estimate of drug-likeness (QED) is 0.573. The van der Waals surface area contributed by atoms with Crippen molar-refractivity contribution < 1.29 is 4.74 Å². The lowest BCUT2D eigenvalue weighted by Gasteiger charge is -2.11. The third-order valence-electron chi connectivity index (χ3n) is 5.01. The third kappa shape index (κ3) is 2.94. The van der Waals surface area contributed by atoms with Crippen molar-refractivity contribution in [1.82, 2.24) is 19.5 Å². The molecule has 28 heavy (non-hydrogen) atoms. The number of aromatic nitrogens is 4. The van der Waals surface area contributed by atoms with Crippen LogP contribution in [0.5, 0.6) is 0 Å². The first-order valence-electron chi connectivity index (χ1n) is 9.28. The van der Waals surface area contributed by atoms with Crippen LogP contribution in [0.4, 0.5) is 5.82 Å². The van der Waals surface area contributed by atoms with Crippen molar-refractivity contribution in [2.45, 2.75) is 25.9 Å². The normalized spacial score (nSPS) is 16.8. The number of anilines is 1. The summed E-state index contributed by atoms with van der Waals surface area (Å²) in [7, 11) is 0. The maximum absolute atomic E-state index is 13.1. The predicted octanol–water partition coefficient (Wildman–Crippen LogP) is 3.29. The Morgan fingerprint density at radius 2 is 2.11 bits per heavy atom. The van der Waals surface area contributed by atoms with Crippen LogP contribution in [-0.2, 0) is 4.74 Å². The van der Waals surface area contributed by atoms with E-state index in [0.717, 1.165) is 40.9 Å². The Balaban J connectivity index is 1.60. The first kappa shape index (κ1) is 17.3. The number of thiophene rings is 1. The number of hydrogen-bond acceptors (Lipinski definition) is 7. The van der Waals surface area contributed by atoms with Gasteiger partial charge in [0, 0.05) is 13.2 Å². The summed E-state index contributed by atoms with van der Waals surface area (Å²) in [6, 6.07) is 7.81. The minimum Gasteiger partial charge on any atom is -0.376 e. The lowest BCUT2D eigenvalue weighted by Crippen LogP contribution is -2.19. The Labute approximate surface area is 165 Å². The van der Waals surface area contributed by atoms with Gasteiger partial charge in [-0.1, -0.05) is 17.7 Å². The highest BCUT2D eigenvalue weighted by atomic mass is 32.1. The first-order chi connectivity index (χ1) is 13.7. The number of rotatable bonds is 4. The standard InChI is InChI=1S/C20H19N5O2S/c1-12-4-6-13(7-5-12)25-11-24-16-15-18(21-9-14-3-2-8-27-14)22-10-23-19(15)28-17(16)20(25)26/h4-7,10-11,14H,2-3,8-9H2,1H3,(H,21,22,23).